The van der Waals surface area contributed by atoms with E-state index in [0.29, 0.717) is 6.54 Å². The van der Waals surface area contributed by atoms with Gasteiger partial charge in [0.05, 0.1) is 19.9 Å². The van der Waals surface area contributed by atoms with Crippen LogP contribution in [0, 0.1) is 6.92 Å². The summed E-state index contributed by atoms with van der Waals surface area (Å²) in [7, 11) is 3.25. The number of nitrogens with one attached hydrogen (secondary N) is 2. The molecule has 3 N–H and O–H groups in total. The third kappa shape index (κ3) is 7.01. The van der Waals surface area contributed by atoms with Crippen LogP contribution in [-0.4, -0.2) is 55.1 Å². The standard InChI is InChI=1S/C24H31N3O4/c1-17-14-26-24(27-17)13-18-4-7-21(8-5-18)31-16-20(28)15-25-11-10-19-6-9-22(29-2)23(12-19)30-3/h4-9,12,14,20,25,28H,10-11,13,15-16H2,1-3H3,(H,26,27). The van der Waals surface area contributed by atoms with E-state index < -0.39 is 6.10 Å². The van der Waals surface area contributed by atoms with Crippen molar-refractivity contribution < 1.29 is 19.3 Å². The molecule has 7 heteroatoms. The van der Waals surface area contributed by atoms with Gasteiger partial charge in [0.2, 0.25) is 0 Å². The highest BCUT2D eigenvalue weighted by atomic mass is 16.5. The van der Waals surface area contributed by atoms with Crippen molar-refractivity contribution in [3.05, 3.63) is 71.3 Å². The Balaban J connectivity index is 1.35. The van der Waals surface area contributed by atoms with E-state index in [9.17, 15) is 5.11 Å². The molecule has 2 aromatic carbocycles. The van der Waals surface area contributed by atoms with Gasteiger partial charge in [-0.25, -0.2) is 4.98 Å². The number of H-pyrrole nitrogens is 1. The Morgan fingerprint density at radius 1 is 1.03 bits per heavy atom. The van der Waals surface area contributed by atoms with Gasteiger partial charge < -0.3 is 29.6 Å². The summed E-state index contributed by atoms with van der Waals surface area (Å²) in [5.41, 5.74) is 3.28. The molecule has 166 valence electrons. The predicted octanol–water partition coefficient (Wildman–Crippen LogP) is 2.90. The van der Waals surface area contributed by atoms with Crippen molar-refractivity contribution in [1.82, 2.24) is 15.3 Å². The lowest BCUT2D eigenvalue weighted by Crippen LogP contribution is -2.32. The minimum atomic E-state index is -0.587. The van der Waals surface area contributed by atoms with E-state index in [2.05, 4.69) is 15.3 Å². The first-order valence-electron chi connectivity index (χ1n) is 10.4. The zero-order valence-corrected chi connectivity index (χ0v) is 18.4. The molecule has 0 fully saturated rings. The van der Waals surface area contributed by atoms with Crippen LogP contribution in [0.4, 0.5) is 0 Å². The van der Waals surface area contributed by atoms with Crippen LogP contribution in [0.2, 0.25) is 0 Å². The summed E-state index contributed by atoms with van der Waals surface area (Å²) in [4.78, 5) is 7.58. The van der Waals surface area contributed by atoms with Crippen LogP contribution in [0.5, 0.6) is 17.2 Å². The maximum atomic E-state index is 10.2. The molecular formula is C24H31N3O4. The normalized spacial score (nSPS) is 11.9. The molecule has 0 radical (unpaired) electrons. The van der Waals surface area contributed by atoms with Crippen molar-refractivity contribution in [3.8, 4) is 17.2 Å². The van der Waals surface area contributed by atoms with E-state index >= 15 is 0 Å². The molecule has 0 aliphatic heterocycles. The zero-order chi connectivity index (χ0) is 22.1. The average molecular weight is 426 g/mol. The number of ether oxygens (including phenoxy) is 3. The Bertz CT molecular complexity index is 940. The van der Waals surface area contributed by atoms with E-state index in [1.54, 1.807) is 14.2 Å². The molecule has 0 aliphatic carbocycles. The lowest BCUT2D eigenvalue weighted by molar-refractivity contribution is 0.106. The van der Waals surface area contributed by atoms with Crippen molar-refractivity contribution in [2.45, 2.75) is 25.9 Å². The third-order valence-electron chi connectivity index (χ3n) is 4.91. The average Bonchev–Trinajstić information content (AvgIpc) is 3.20. The van der Waals surface area contributed by atoms with Gasteiger partial charge in [0, 0.05) is 19.2 Å². The van der Waals surface area contributed by atoms with E-state index in [1.165, 1.54) is 0 Å². The van der Waals surface area contributed by atoms with Crippen LogP contribution in [0.15, 0.2) is 48.7 Å². The molecular weight excluding hydrogens is 394 g/mol. The number of aromatic nitrogens is 2. The van der Waals surface area contributed by atoms with Gasteiger partial charge in [0.1, 0.15) is 24.3 Å². The minimum absolute atomic E-state index is 0.236. The Hall–Kier alpha value is -3.03. The highest BCUT2D eigenvalue weighted by Gasteiger charge is 2.07. The topological polar surface area (TPSA) is 88.6 Å². The van der Waals surface area contributed by atoms with Crippen LogP contribution in [0.25, 0.3) is 0 Å². The fourth-order valence-electron chi connectivity index (χ4n) is 3.24. The number of nitrogens with zero attached hydrogens (tertiary/aromatic N) is 1. The summed E-state index contributed by atoms with van der Waals surface area (Å²) >= 11 is 0. The number of benzene rings is 2. The van der Waals surface area contributed by atoms with Gasteiger partial charge in [0.15, 0.2) is 11.5 Å². The first kappa shape index (κ1) is 22.7. The maximum Gasteiger partial charge on any atom is 0.160 e. The van der Waals surface area contributed by atoms with Crippen LogP contribution in [-0.2, 0) is 12.8 Å². The number of aliphatic hydroxyl groups excluding tert-OH is 1. The predicted molar refractivity (Wildman–Crippen MR) is 120 cm³/mol. The quantitative estimate of drug-likeness (QED) is 0.387. The Kier molecular flexibility index (Phi) is 8.32. The molecule has 0 saturated heterocycles. The summed E-state index contributed by atoms with van der Waals surface area (Å²) in [6, 6.07) is 13.8. The number of hydrogen-bond donors (Lipinski definition) is 3. The highest BCUT2D eigenvalue weighted by Crippen LogP contribution is 2.27. The molecule has 0 saturated carbocycles. The SMILES string of the molecule is COc1ccc(CCNCC(O)COc2ccc(Cc3nc(C)c[nH]3)cc2)cc1OC. The highest BCUT2D eigenvalue weighted by molar-refractivity contribution is 5.43. The van der Waals surface area contributed by atoms with Crippen LogP contribution < -0.4 is 19.5 Å². The molecule has 1 atom stereocenters. The number of aryl methyl sites for hydroxylation is 1. The molecule has 1 aromatic heterocycles. The van der Waals surface area contributed by atoms with Crippen molar-refractivity contribution in [3.63, 3.8) is 0 Å². The van der Waals surface area contributed by atoms with Gasteiger partial charge in [-0.3, -0.25) is 0 Å². The van der Waals surface area contributed by atoms with E-state index in [1.807, 2.05) is 55.6 Å². The fraction of sp³-hybridized carbons (Fsp3) is 0.375. The fourth-order valence-corrected chi connectivity index (χ4v) is 3.24. The summed E-state index contributed by atoms with van der Waals surface area (Å²) in [6.07, 6.45) is 2.89. The zero-order valence-electron chi connectivity index (χ0n) is 18.4. The lowest BCUT2D eigenvalue weighted by atomic mass is 10.1. The van der Waals surface area contributed by atoms with Crippen molar-refractivity contribution in [2.75, 3.05) is 33.9 Å². The largest absolute Gasteiger partial charge is 0.493 e. The van der Waals surface area contributed by atoms with Gasteiger partial charge in [-0.15, -0.1) is 0 Å². The molecule has 0 aliphatic rings. The van der Waals surface area contributed by atoms with Gasteiger partial charge >= 0.3 is 0 Å². The molecule has 1 heterocycles. The number of hydrogen-bond acceptors (Lipinski definition) is 6. The van der Waals surface area contributed by atoms with Crippen molar-refractivity contribution in [1.29, 1.82) is 0 Å². The molecule has 0 spiro atoms. The second-order valence-electron chi connectivity index (χ2n) is 7.42. The Labute approximate surface area is 183 Å². The van der Waals surface area contributed by atoms with Gasteiger partial charge in [-0.05, 0) is 55.3 Å². The van der Waals surface area contributed by atoms with Crippen molar-refractivity contribution in [2.24, 2.45) is 0 Å². The molecule has 3 aromatic rings. The number of aliphatic hydroxyl groups is 1. The van der Waals surface area contributed by atoms with E-state index in [4.69, 9.17) is 14.2 Å². The Morgan fingerprint density at radius 2 is 1.77 bits per heavy atom. The second kappa shape index (κ2) is 11.4. The minimum Gasteiger partial charge on any atom is -0.493 e. The van der Waals surface area contributed by atoms with Crippen LogP contribution in [0.1, 0.15) is 22.6 Å². The smallest absolute Gasteiger partial charge is 0.160 e. The van der Waals surface area contributed by atoms with Crippen molar-refractivity contribution >= 4 is 0 Å². The maximum absolute atomic E-state index is 10.2. The molecule has 0 bridgehead atoms. The third-order valence-corrected chi connectivity index (χ3v) is 4.91. The monoisotopic (exact) mass is 425 g/mol. The van der Waals surface area contributed by atoms with E-state index in [-0.39, 0.29) is 6.61 Å². The van der Waals surface area contributed by atoms with Gasteiger partial charge in [-0.1, -0.05) is 18.2 Å². The summed E-state index contributed by atoms with van der Waals surface area (Å²) < 4.78 is 16.3. The summed E-state index contributed by atoms with van der Waals surface area (Å²) in [5, 5.41) is 13.4. The van der Waals surface area contributed by atoms with Crippen LogP contribution in [0.3, 0.4) is 0 Å². The number of imidazole rings is 1. The molecule has 0 amide bonds. The Morgan fingerprint density at radius 3 is 2.45 bits per heavy atom. The summed E-state index contributed by atoms with van der Waals surface area (Å²) in [5.74, 6) is 3.12. The first-order chi connectivity index (χ1) is 15.1. The number of methoxy groups -OCH3 is 2. The summed E-state index contributed by atoms with van der Waals surface area (Å²) in [6.45, 7) is 3.41. The molecule has 3 rings (SSSR count). The van der Waals surface area contributed by atoms with Crippen LogP contribution >= 0.6 is 0 Å². The molecule has 7 nitrogen and oxygen atoms in total. The molecule has 31 heavy (non-hydrogen) atoms. The first-order valence-corrected chi connectivity index (χ1v) is 10.4. The molecule has 1 unspecified atom stereocenters. The number of rotatable bonds is 12. The van der Waals surface area contributed by atoms with E-state index in [0.717, 1.165) is 59.3 Å². The van der Waals surface area contributed by atoms with Gasteiger partial charge in [-0.2, -0.15) is 0 Å². The second-order valence-corrected chi connectivity index (χ2v) is 7.42. The van der Waals surface area contributed by atoms with Gasteiger partial charge in [0.25, 0.3) is 0 Å². The number of aromatic amines is 1. The lowest BCUT2D eigenvalue weighted by Gasteiger charge is -2.14.